The van der Waals surface area contributed by atoms with Gasteiger partial charge in [-0.25, -0.2) is 4.79 Å². The van der Waals surface area contributed by atoms with Crippen LogP contribution in [0, 0.1) is 27.7 Å². The van der Waals surface area contributed by atoms with Gasteiger partial charge in [0.15, 0.2) is 0 Å². The van der Waals surface area contributed by atoms with Crippen LogP contribution in [0.5, 0.6) is 0 Å². The second kappa shape index (κ2) is 16.1. The minimum absolute atomic E-state index is 0.136. The molecule has 3 aromatic rings. The lowest BCUT2D eigenvalue weighted by Crippen LogP contribution is -2.38. The van der Waals surface area contributed by atoms with E-state index in [1.54, 1.807) is 22.7 Å². The van der Waals surface area contributed by atoms with Gasteiger partial charge >= 0.3 is 5.97 Å². The summed E-state index contributed by atoms with van der Waals surface area (Å²) in [6, 6.07) is 2.51. The summed E-state index contributed by atoms with van der Waals surface area (Å²) in [5.74, 6) is -0.382. The van der Waals surface area contributed by atoms with Gasteiger partial charge in [-0.1, -0.05) is 0 Å². The highest BCUT2D eigenvalue weighted by Crippen LogP contribution is 2.33. The molecule has 5 heterocycles. The number of rotatable bonds is 8. The second-order valence-electron chi connectivity index (χ2n) is 11.5. The number of nitrogens with one attached hydrogen (secondary N) is 2. The lowest BCUT2D eigenvalue weighted by molar-refractivity contribution is 0.0204. The standard InChI is InChI=1S/C20H27N3O3S.C13H19NO3S/c1-12-9-13(2)22-20(25)16(12)10-21-19(24)17-11-27-18(14(17)3)15(4)23-5-7-26-8-6-23;1-9-11(13(15)16-3)8-18-12(9)10(2)14-4-6-17-7-5-14/h9,11,15H,5-8,10H2,1-4H3,(H,21,24)(H,22,25);8,10H,4-7H2,1-3H3. The minimum Gasteiger partial charge on any atom is -0.465 e. The Balaban J connectivity index is 0.000000222. The molecule has 2 N–H and O–H groups in total. The van der Waals surface area contributed by atoms with Gasteiger partial charge in [0.05, 0.1) is 44.7 Å². The molecule has 10 nitrogen and oxygen atoms in total. The van der Waals surface area contributed by atoms with Crippen molar-refractivity contribution in [1.82, 2.24) is 20.1 Å². The van der Waals surface area contributed by atoms with Gasteiger partial charge in [0.1, 0.15) is 0 Å². The number of pyridine rings is 1. The number of aromatic nitrogens is 1. The van der Waals surface area contributed by atoms with Crippen LogP contribution in [-0.4, -0.2) is 86.4 Å². The molecule has 0 aliphatic carbocycles. The number of hydrogen-bond acceptors (Lipinski definition) is 10. The van der Waals surface area contributed by atoms with E-state index in [1.807, 2.05) is 44.5 Å². The van der Waals surface area contributed by atoms with Gasteiger partial charge in [-0.3, -0.25) is 19.4 Å². The Morgan fingerprint density at radius 2 is 1.38 bits per heavy atom. The molecule has 2 unspecified atom stereocenters. The predicted octanol–water partition coefficient (Wildman–Crippen LogP) is 4.92. The molecule has 12 heteroatoms. The summed E-state index contributed by atoms with van der Waals surface area (Å²) in [7, 11) is 1.42. The van der Waals surface area contributed by atoms with Gasteiger partial charge in [0.2, 0.25) is 0 Å². The topological polar surface area (TPSA) is 113 Å². The van der Waals surface area contributed by atoms with E-state index >= 15 is 0 Å². The molecule has 246 valence electrons. The predicted molar refractivity (Wildman–Crippen MR) is 179 cm³/mol. The number of carbonyl (C=O) groups is 2. The molecule has 2 saturated heterocycles. The number of morpholine rings is 2. The first-order chi connectivity index (χ1) is 21.5. The monoisotopic (exact) mass is 658 g/mol. The van der Waals surface area contributed by atoms with Gasteiger partial charge in [-0.05, 0) is 64.3 Å². The van der Waals surface area contributed by atoms with Crippen LogP contribution in [0.3, 0.4) is 0 Å². The van der Waals surface area contributed by atoms with Gasteiger partial charge in [0, 0.05) is 76.6 Å². The molecule has 0 radical (unpaired) electrons. The van der Waals surface area contributed by atoms with Crippen LogP contribution in [0.15, 0.2) is 21.6 Å². The molecule has 3 aromatic heterocycles. The number of amides is 1. The first-order valence-corrected chi connectivity index (χ1v) is 17.1. The van der Waals surface area contributed by atoms with E-state index in [4.69, 9.17) is 14.2 Å². The largest absolute Gasteiger partial charge is 0.465 e. The Morgan fingerprint density at radius 3 is 1.87 bits per heavy atom. The summed E-state index contributed by atoms with van der Waals surface area (Å²) in [5.41, 5.74) is 5.62. The number of esters is 1. The van der Waals surface area contributed by atoms with Gasteiger partial charge in [-0.15, -0.1) is 22.7 Å². The molecule has 2 aliphatic heterocycles. The number of thiophene rings is 2. The molecule has 5 rings (SSSR count). The Hall–Kier alpha value is -2.87. The molecule has 0 saturated carbocycles. The highest BCUT2D eigenvalue weighted by atomic mass is 32.1. The van der Waals surface area contributed by atoms with E-state index in [1.165, 1.54) is 16.9 Å². The third-order valence-corrected chi connectivity index (χ3v) is 11.2. The number of aromatic amines is 1. The van der Waals surface area contributed by atoms with E-state index in [9.17, 15) is 14.4 Å². The van der Waals surface area contributed by atoms with Crippen LogP contribution in [-0.2, 0) is 20.8 Å². The third-order valence-electron chi connectivity index (χ3n) is 8.67. The number of ether oxygens (including phenoxy) is 3. The maximum atomic E-state index is 12.7. The van der Waals surface area contributed by atoms with Crippen molar-refractivity contribution in [2.75, 3.05) is 59.7 Å². The molecular formula is C33H46N4O6S2. The van der Waals surface area contributed by atoms with Crippen LogP contribution in [0.1, 0.15) is 84.3 Å². The van der Waals surface area contributed by atoms with Gasteiger partial charge in [0.25, 0.3) is 11.5 Å². The molecule has 0 spiro atoms. The Kier molecular flexibility index (Phi) is 12.5. The highest BCUT2D eigenvalue weighted by molar-refractivity contribution is 7.10. The zero-order valence-electron chi connectivity index (χ0n) is 27.4. The average Bonchev–Trinajstić information content (AvgIpc) is 3.62. The van der Waals surface area contributed by atoms with E-state index in [2.05, 4.69) is 33.9 Å². The fourth-order valence-electron chi connectivity index (χ4n) is 5.85. The Morgan fingerprint density at radius 1 is 0.889 bits per heavy atom. The van der Waals surface area contributed by atoms with Crippen LogP contribution in [0.25, 0.3) is 0 Å². The van der Waals surface area contributed by atoms with Crippen molar-refractivity contribution >= 4 is 34.6 Å². The SMILES string of the molecule is COC(=O)c1csc(C(C)N2CCOCC2)c1C.Cc1cc(C)c(CNC(=O)c2csc(C(C)N3CCOCC3)c2C)c(=O)[nH]1. The van der Waals surface area contributed by atoms with Crippen molar-refractivity contribution in [3.05, 3.63) is 76.0 Å². The number of H-pyrrole nitrogens is 1. The van der Waals surface area contributed by atoms with Crippen molar-refractivity contribution in [2.24, 2.45) is 0 Å². The molecule has 1 amide bonds. The first kappa shape index (κ1) is 35.0. The third kappa shape index (κ3) is 8.49. The van der Waals surface area contributed by atoms with E-state index in [0.717, 1.165) is 75.0 Å². The van der Waals surface area contributed by atoms with E-state index in [-0.39, 0.29) is 30.0 Å². The number of nitrogens with zero attached hydrogens (tertiary/aromatic N) is 2. The molecule has 0 aromatic carbocycles. The Labute approximate surface area is 273 Å². The van der Waals surface area contributed by atoms with Crippen LogP contribution in [0.2, 0.25) is 0 Å². The summed E-state index contributed by atoms with van der Waals surface area (Å²) in [4.78, 5) is 46.4. The highest BCUT2D eigenvalue weighted by Gasteiger charge is 2.25. The zero-order chi connectivity index (χ0) is 32.7. The number of aryl methyl sites for hydroxylation is 2. The van der Waals surface area contributed by atoms with Crippen LogP contribution < -0.4 is 10.9 Å². The summed E-state index contributed by atoms with van der Waals surface area (Å²) >= 11 is 3.26. The summed E-state index contributed by atoms with van der Waals surface area (Å²) in [6.07, 6.45) is 0. The summed E-state index contributed by atoms with van der Waals surface area (Å²) in [6.45, 7) is 19.1. The normalized spacial score (nSPS) is 17.2. The second-order valence-corrected chi connectivity index (χ2v) is 13.4. The molecule has 2 aliphatic rings. The first-order valence-electron chi connectivity index (χ1n) is 15.4. The van der Waals surface area contributed by atoms with Crippen LogP contribution >= 0.6 is 22.7 Å². The molecule has 2 fully saturated rings. The van der Waals surface area contributed by atoms with E-state index < -0.39 is 0 Å². The van der Waals surface area contributed by atoms with Gasteiger partial charge in [-0.2, -0.15) is 0 Å². The zero-order valence-corrected chi connectivity index (χ0v) is 29.0. The number of carbonyl (C=O) groups excluding carboxylic acids is 2. The van der Waals surface area contributed by atoms with E-state index in [0.29, 0.717) is 22.7 Å². The van der Waals surface area contributed by atoms with Crippen molar-refractivity contribution in [3.8, 4) is 0 Å². The molecule has 0 bridgehead atoms. The fraction of sp³-hybridized carbons (Fsp3) is 0.545. The molecule has 2 atom stereocenters. The van der Waals surface area contributed by atoms with Crippen molar-refractivity contribution in [1.29, 1.82) is 0 Å². The maximum absolute atomic E-state index is 12.7. The van der Waals surface area contributed by atoms with Crippen LogP contribution in [0.4, 0.5) is 0 Å². The quantitative estimate of drug-likeness (QED) is 0.328. The lowest BCUT2D eigenvalue weighted by atomic mass is 10.1. The smallest absolute Gasteiger partial charge is 0.338 e. The lowest BCUT2D eigenvalue weighted by Gasteiger charge is -2.32. The van der Waals surface area contributed by atoms with Gasteiger partial charge < -0.3 is 24.5 Å². The summed E-state index contributed by atoms with van der Waals surface area (Å²) < 4.78 is 15.6. The summed E-state index contributed by atoms with van der Waals surface area (Å²) in [5, 5.41) is 6.72. The van der Waals surface area contributed by atoms with Crippen molar-refractivity contribution < 1.29 is 23.8 Å². The maximum Gasteiger partial charge on any atom is 0.338 e. The molecular weight excluding hydrogens is 613 g/mol. The fourth-order valence-corrected chi connectivity index (χ4v) is 8.16. The average molecular weight is 659 g/mol. The molecule has 45 heavy (non-hydrogen) atoms. The number of methoxy groups -OCH3 is 1. The minimum atomic E-state index is -0.246. The van der Waals surface area contributed by atoms with Crippen molar-refractivity contribution in [3.63, 3.8) is 0 Å². The number of hydrogen-bond donors (Lipinski definition) is 2. The van der Waals surface area contributed by atoms with Crippen molar-refractivity contribution in [2.45, 2.75) is 60.2 Å². The Bertz CT molecular complexity index is 1520.